The normalized spacial score (nSPS) is 10.9. The van der Waals surface area contributed by atoms with Crippen LogP contribution in [0, 0.1) is 12.7 Å². The molecule has 0 bridgehead atoms. The number of anilines is 1. The second-order valence-electron chi connectivity index (χ2n) is 6.61. The molecule has 2 N–H and O–H groups in total. The zero-order chi connectivity index (χ0) is 21.1. The monoisotopic (exact) mass is 423 g/mol. The van der Waals surface area contributed by atoms with Gasteiger partial charge in [-0.25, -0.2) is 8.91 Å². The molecule has 2 amide bonds. The number of rotatable bonds is 5. The molecule has 9 heteroatoms. The number of fused-ring (bicyclic) bond motifs is 1. The summed E-state index contributed by atoms with van der Waals surface area (Å²) in [7, 11) is 0. The van der Waals surface area contributed by atoms with Crippen molar-refractivity contribution in [3.63, 3.8) is 0 Å². The van der Waals surface area contributed by atoms with Gasteiger partial charge in [-0.15, -0.1) is 16.4 Å². The summed E-state index contributed by atoms with van der Waals surface area (Å²) in [6, 6.07) is 13.6. The third-order valence-corrected chi connectivity index (χ3v) is 5.40. The summed E-state index contributed by atoms with van der Waals surface area (Å²) >= 11 is 1.38. The lowest BCUT2D eigenvalue weighted by molar-refractivity contribution is -0.136. The van der Waals surface area contributed by atoms with Crippen molar-refractivity contribution in [3.05, 3.63) is 71.0 Å². The molecule has 2 aromatic carbocycles. The van der Waals surface area contributed by atoms with Gasteiger partial charge in [0.2, 0.25) is 4.96 Å². The summed E-state index contributed by atoms with van der Waals surface area (Å²) < 4.78 is 15.6. The van der Waals surface area contributed by atoms with Gasteiger partial charge in [-0.3, -0.25) is 9.59 Å². The lowest BCUT2D eigenvalue weighted by Crippen LogP contribution is -2.36. The van der Waals surface area contributed by atoms with Crippen LogP contribution < -0.4 is 10.6 Å². The Labute approximate surface area is 175 Å². The second-order valence-corrected chi connectivity index (χ2v) is 7.45. The van der Waals surface area contributed by atoms with Crippen molar-refractivity contribution in [1.82, 2.24) is 19.9 Å². The van der Waals surface area contributed by atoms with Gasteiger partial charge >= 0.3 is 11.8 Å². The minimum absolute atomic E-state index is 0.251. The Morgan fingerprint density at radius 3 is 2.67 bits per heavy atom. The molecule has 0 atom stereocenters. The number of nitrogens with one attached hydrogen (secondary N) is 2. The molecule has 0 aliphatic carbocycles. The molecule has 0 saturated heterocycles. The summed E-state index contributed by atoms with van der Waals surface area (Å²) in [6.45, 7) is 2.10. The second kappa shape index (κ2) is 8.42. The van der Waals surface area contributed by atoms with Gasteiger partial charge in [0, 0.05) is 24.0 Å². The number of thiazole rings is 1. The maximum absolute atomic E-state index is 14.0. The first-order valence-corrected chi connectivity index (χ1v) is 10.1. The molecule has 4 rings (SSSR count). The smallest absolute Gasteiger partial charge is 0.313 e. The number of benzene rings is 2. The van der Waals surface area contributed by atoms with Crippen LogP contribution in [0.5, 0.6) is 0 Å². The Morgan fingerprint density at radius 2 is 1.87 bits per heavy atom. The number of amides is 2. The van der Waals surface area contributed by atoms with E-state index in [1.54, 1.807) is 34.8 Å². The van der Waals surface area contributed by atoms with E-state index >= 15 is 0 Å². The fourth-order valence-corrected chi connectivity index (χ4v) is 3.79. The lowest BCUT2D eigenvalue weighted by atomic mass is 10.2. The summed E-state index contributed by atoms with van der Waals surface area (Å²) in [5.41, 5.74) is 2.61. The van der Waals surface area contributed by atoms with Crippen molar-refractivity contribution in [2.45, 2.75) is 13.3 Å². The average Bonchev–Trinajstić information content (AvgIpc) is 3.31. The molecule has 0 spiro atoms. The number of aromatic nitrogens is 3. The Bertz CT molecular complexity index is 1230. The van der Waals surface area contributed by atoms with E-state index in [9.17, 15) is 14.0 Å². The van der Waals surface area contributed by atoms with Crippen molar-refractivity contribution < 1.29 is 14.0 Å². The lowest BCUT2D eigenvalue weighted by Gasteiger charge is -2.08. The van der Waals surface area contributed by atoms with Crippen molar-refractivity contribution in [2.75, 3.05) is 11.9 Å². The van der Waals surface area contributed by atoms with Gasteiger partial charge < -0.3 is 10.6 Å². The molecule has 0 radical (unpaired) electrons. The summed E-state index contributed by atoms with van der Waals surface area (Å²) in [5.74, 6) is -1.51. The van der Waals surface area contributed by atoms with Gasteiger partial charge in [0.25, 0.3) is 0 Å². The molecule has 2 heterocycles. The summed E-state index contributed by atoms with van der Waals surface area (Å²) in [4.78, 5) is 29.2. The van der Waals surface area contributed by atoms with Crippen LogP contribution >= 0.6 is 11.3 Å². The minimum atomic E-state index is -0.720. The van der Waals surface area contributed by atoms with E-state index in [0.29, 0.717) is 28.5 Å². The third kappa shape index (κ3) is 4.06. The van der Waals surface area contributed by atoms with Crippen molar-refractivity contribution in [1.29, 1.82) is 0 Å². The highest BCUT2D eigenvalue weighted by atomic mass is 32.1. The summed E-state index contributed by atoms with van der Waals surface area (Å²) in [5, 5.41) is 11.5. The molecule has 7 nitrogen and oxygen atoms in total. The number of aryl methyl sites for hydroxylation is 1. The van der Waals surface area contributed by atoms with Crippen LogP contribution in [0.4, 0.5) is 10.1 Å². The first-order chi connectivity index (χ1) is 14.5. The van der Waals surface area contributed by atoms with Crippen molar-refractivity contribution in [2.24, 2.45) is 0 Å². The van der Waals surface area contributed by atoms with Gasteiger partial charge in [-0.2, -0.15) is 4.98 Å². The minimum Gasteiger partial charge on any atom is -0.347 e. The molecule has 0 fully saturated rings. The molecule has 0 aliphatic rings. The first kappa shape index (κ1) is 19.7. The molecule has 0 saturated carbocycles. The number of halogens is 1. The molecule has 0 unspecified atom stereocenters. The Morgan fingerprint density at radius 1 is 1.10 bits per heavy atom. The van der Waals surface area contributed by atoms with E-state index in [1.807, 2.05) is 24.4 Å². The molecular formula is C21H18FN5O2S. The number of carbonyl (C=O) groups is 2. The Balaban J connectivity index is 1.38. The molecule has 0 aliphatic heterocycles. The predicted molar refractivity (Wildman–Crippen MR) is 113 cm³/mol. The van der Waals surface area contributed by atoms with Crippen LogP contribution in [-0.2, 0) is 16.0 Å². The number of nitrogens with zero attached hydrogens (tertiary/aromatic N) is 3. The van der Waals surface area contributed by atoms with Crippen LogP contribution in [0.15, 0.2) is 53.9 Å². The third-order valence-electron chi connectivity index (χ3n) is 4.53. The first-order valence-electron chi connectivity index (χ1n) is 9.26. The van der Waals surface area contributed by atoms with Gasteiger partial charge in [0.15, 0.2) is 5.82 Å². The molecule has 30 heavy (non-hydrogen) atoms. The SMILES string of the molecule is Cc1ccccc1NC(=O)C(=O)NCCc1csc2nc(-c3ccccc3F)nn12. The van der Waals surface area contributed by atoms with Gasteiger partial charge in [-0.05, 0) is 30.7 Å². The predicted octanol–water partition coefficient (Wildman–Crippen LogP) is 3.20. The van der Waals surface area contributed by atoms with E-state index in [4.69, 9.17) is 0 Å². The Kier molecular flexibility index (Phi) is 5.53. The zero-order valence-electron chi connectivity index (χ0n) is 16.1. The number of hydrogen-bond donors (Lipinski definition) is 2. The highest BCUT2D eigenvalue weighted by molar-refractivity contribution is 7.15. The van der Waals surface area contributed by atoms with Crippen molar-refractivity contribution >= 4 is 33.8 Å². The fourth-order valence-electron chi connectivity index (χ4n) is 2.93. The molecule has 152 valence electrons. The van der Waals surface area contributed by atoms with Crippen LogP contribution in [0.2, 0.25) is 0 Å². The van der Waals surface area contributed by atoms with E-state index in [0.717, 1.165) is 11.3 Å². The maximum Gasteiger partial charge on any atom is 0.313 e. The quantitative estimate of drug-likeness (QED) is 0.483. The fraction of sp³-hybridized carbons (Fsp3) is 0.143. The number of para-hydroxylation sites is 1. The van der Waals surface area contributed by atoms with E-state index < -0.39 is 11.8 Å². The van der Waals surface area contributed by atoms with E-state index in [-0.39, 0.29) is 12.4 Å². The standard InChI is InChI=1S/C21H18FN5O2S/c1-13-6-2-5-9-17(13)24-20(29)19(28)23-11-10-14-12-30-21-25-18(26-27(14)21)15-7-3-4-8-16(15)22/h2-9,12H,10-11H2,1H3,(H,23,28)(H,24,29). The maximum atomic E-state index is 14.0. The zero-order valence-corrected chi connectivity index (χ0v) is 16.9. The molecular weight excluding hydrogens is 405 g/mol. The Hall–Kier alpha value is -3.59. The van der Waals surface area contributed by atoms with Crippen LogP contribution in [0.3, 0.4) is 0 Å². The van der Waals surface area contributed by atoms with Crippen molar-refractivity contribution in [3.8, 4) is 11.4 Å². The van der Waals surface area contributed by atoms with E-state index in [2.05, 4.69) is 20.7 Å². The number of carbonyl (C=O) groups excluding carboxylic acids is 2. The van der Waals surface area contributed by atoms with Gasteiger partial charge in [0.05, 0.1) is 11.3 Å². The highest BCUT2D eigenvalue weighted by Gasteiger charge is 2.16. The summed E-state index contributed by atoms with van der Waals surface area (Å²) in [6.07, 6.45) is 0.448. The van der Waals surface area contributed by atoms with Gasteiger partial charge in [0.1, 0.15) is 5.82 Å². The topological polar surface area (TPSA) is 88.4 Å². The highest BCUT2D eigenvalue weighted by Crippen LogP contribution is 2.23. The molecule has 2 aromatic heterocycles. The van der Waals surface area contributed by atoms with Crippen LogP contribution in [-0.4, -0.2) is 33.0 Å². The average molecular weight is 423 g/mol. The van der Waals surface area contributed by atoms with E-state index in [1.165, 1.54) is 17.4 Å². The number of hydrogen-bond acceptors (Lipinski definition) is 5. The van der Waals surface area contributed by atoms with Crippen LogP contribution in [0.25, 0.3) is 16.3 Å². The van der Waals surface area contributed by atoms with Gasteiger partial charge in [-0.1, -0.05) is 30.3 Å². The largest absolute Gasteiger partial charge is 0.347 e. The molecule has 4 aromatic rings. The van der Waals surface area contributed by atoms with Crippen LogP contribution in [0.1, 0.15) is 11.3 Å².